The van der Waals surface area contributed by atoms with Crippen LogP contribution in [0.25, 0.3) is 0 Å². The zero-order valence-corrected chi connectivity index (χ0v) is 15.5. The maximum atomic E-state index is 12.8. The van der Waals surface area contributed by atoms with E-state index in [1.54, 1.807) is 0 Å². The number of carbonyl (C=O) groups is 1. The standard InChI is InChI=1S/C17H31N3O3S/c1-2-11-24(22,23)19-14-7-9-20(10-8-14)17(21)16-12-13-5-3-4-6-15(13)18-16/h13-16,18-19H,2-12H2,1H3. The fraction of sp³-hybridized carbons (Fsp3) is 0.941. The number of hydrogen-bond donors (Lipinski definition) is 2. The summed E-state index contributed by atoms with van der Waals surface area (Å²) in [5.41, 5.74) is 0. The lowest BCUT2D eigenvalue weighted by atomic mass is 9.85. The van der Waals surface area contributed by atoms with Crippen molar-refractivity contribution in [2.75, 3.05) is 18.8 Å². The molecule has 0 aromatic heterocycles. The molecule has 24 heavy (non-hydrogen) atoms. The average Bonchev–Trinajstić information content (AvgIpc) is 2.98. The number of fused-ring (bicyclic) bond motifs is 1. The van der Waals surface area contributed by atoms with E-state index >= 15 is 0 Å². The maximum Gasteiger partial charge on any atom is 0.239 e. The average molecular weight is 358 g/mol. The van der Waals surface area contributed by atoms with Crippen molar-refractivity contribution in [2.45, 2.75) is 76.4 Å². The predicted molar refractivity (Wildman–Crippen MR) is 94.1 cm³/mol. The van der Waals surface area contributed by atoms with E-state index in [2.05, 4.69) is 10.0 Å². The lowest BCUT2D eigenvalue weighted by molar-refractivity contribution is -0.134. The molecule has 3 atom stereocenters. The van der Waals surface area contributed by atoms with Gasteiger partial charge in [-0.2, -0.15) is 0 Å². The Kier molecular flexibility index (Phi) is 5.82. The molecule has 1 saturated carbocycles. The quantitative estimate of drug-likeness (QED) is 0.776. The van der Waals surface area contributed by atoms with E-state index in [-0.39, 0.29) is 23.7 Å². The van der Waals surface area contributed by atoms with Crippen LogP contribution in [0.4, 0.5) is 0 Å². The summed E-state index contributed by atoms with van der Waals surface area (Å²) in [5.74, 6) is 1.08. The highest BCUT2D eigenvalue weighted by Gasteiger charge is 2.40. The molecule has 138 valence electrons. The van der Waals surface area contributed by atoms with Crippen molar-refractivity contribution in [1.29, 1.82) is 0 Å². The Morgan fingerprint density at radius 2 is 1.88 bits per heavy atom. The van der Waals surface area contributed by atoms with Gasteiger partial charge in [0.05, 0.1) is 11.8 Å². The molecule has 7 heteroatoms. The summed E-state index contributed by atoms with van der Waals surface area (Å²) in [4.78, 5) is 14.7. The van der Waals surface area contributed by atoms with Crippen LogP contribution in [0, 0.1) is 5.92 Å². The van der Waals surface area contributed by atoms with Crippen molar-refractivity contribution in [3.63, 3.8) is 0 Å². The first-order valence-corrected chi connectivity index (χ1v) is 11.2. The topological polar surface area (TPSA) is 78.5 Å². The zero-order valence-electron chi connectivity index (χ0n) is 14.7. The number of nitrogens with zero attached hydrogens (tertiary/aromatic N) is 1. The molecule has 3 aliphatic rings. The number of rotatable bonds is 5. The number of amides is 1. The minimum absolute atomic E-state index is 0.0218. The van der Waals surface area contributed by atoms with Gasteiger partial charge in [0.15, 0.2) is 0 Å². The van der Waals surface area contributed by atoms with Crippen LogP contribution in [-0.2, 0) is 14.8 Å². The third kappa shape index (κ3) is 4.29. The van der Waals surface area contributed by atoms with Gasteiger partial charge in [-0.15, -0.1) is 0 Å². The van der Waals surface area contributed by atoms with E-state index in [0.717, 1.165) is 6.42 Å². The highest BCUT2D eigenvalue weighted by Crippen LogP contribution is 2.33. The molecule has 6 nitrogen and oxygen atoms in total. The maximum absolute atomic E-state index is 12.8. The Labute approximate surface area is 145 Å². The van der Waals surface area contributed by atoms with Crippen LogP contribution in [0.2, 0.25) is 0 Å². The van der Waals surface area contributed by atoms with E-state index in [1.807, 2.05) is 11.8 Å². The molecular weight excluding hydrogens is 326 g/mol. The molecule has 1 amide bonds. The number of piperidine rings is 1. The molecule has 0 radical (unpaired) electrons. The Hall–Kier alpha value is -0.660. The Morgan fingerprint density at radius 3 is 2.54 bits per heavy atom. The first-order valence-electron chi connectivity index (χ1n) is 9.53. The number of nitrogens with one attached hydrogen (secondary N) is 2. The van der Waals surface area contributed by atoms with Crippen molar-refractivity contribution in [3.8, 4) is 0 Å². The second kappa shape index (κ2) is 7.70. The summed E-state index contributed by atoms with van der Waals surface area (Å²) in [5, 5.41) is 3.55. The van der Waals surface area contributed by atoms with Gasteiger partial charge in [0.2, 0.25) is 15.9 Å². The molecule has 2 heterocycles. The molecule has 2 saturated heterocycles. The summed E-state index contributed by atoms with van der Waals surface area (Å²) in [6.45, 7) is 3.18. The Morgan fingerprint density at radius 1 is 1.17 bits per heavy atom. The Balaban J connectivity index is 1.47. The van der Waals surface area contributed by atoms with Gasteiger partial charge in [0.1, 0.15) is 0 Å². The van der Waals surface area contributed by atoms with Gasteiger partial charge in [0.25, 0.3) is 0 Å². The summed E-state index contributed by atoms with van der Waals surface area (Å²) < 4.78 is 26.5. The fourth-order valence-corrected chi connectivity index (χ4v) is 5.93. The third-order valence-corrected chi connectivity index (χ3v) is 7.42. The zero-order chi connectivity index (χ0) is 17.2. The van der Waals surface area contributed by atoms with E-state index in [0.29, 0.717) is 44.3 Å². The summed E-state index contributed by atoms with van der Waals surface area (Å²) >= 11 is 0. The molecule has 0 spiro atoms. The smallest absolute Gasteiger partial charge is 0.239 e. The fourth-order valence-electron chi connectivity index (χ4n) is 4.53. The van der Waals surface area contributed by atoms with Crippen LogP contribution in [0.5, 0.6) is 0 Å². The molecule has 3 unspecified atom stereocenters. The first-order chi connectivity index (χ1) is 11.5. The summed E-state index contributed by atoms with van der Waals surface area (Å²) in [6.07, 6.45) is 8.07. The minimum atomic E-state index is -3.16. The van der Waals surface area contributed by atoms with Crippen molar-refractivity contribution in [1.82, 2.24) is 14.9 Å². The largest absolute Gasteiger partial charge is 0.341 e. The van der Waals surface area contributed by atoms with Gasteiger partial charge in [-0.25, -0.2) is 13.1 Å². The summed E-state index contributed by atoms with van der Waals surface area (Å²) in [6, 6.07) is 0.488. The lowest BCUT2D eigenvalue weighted by Gasteiger charge is -2.34. The van der Waals surface area contributed by atoms with E-state index in [4.69, 9.17) is 0 Å². The molecule has 3 fully saturated rings. The van der Waals surface area contributed by atoms with Crippen LogP contribution >= 0.6 is 0 Å². The highest BCUT2D eigenvalue weighted by atomic mass is 32.2. The van der Waals surface area contributed by atoms with E-state index in [9.17, 15) is 13.2 Å². The predicted octanol–water partition coefficient (Wildman–Crippen LogP) is 1.23. The molecule has 2 N–H and O–H groups in total. The van der Waals surface area contributed by atoms with Crippen LogP contribution in [0.3, 0.4) is 0 Å². The van der Waals surface area contributed by atoms with Crippen molar-refractivity contribution in [3.05, 3.63) is 0 Å². The monoisotopic (exact) mass is 357 g/mol. The molecule has 0 aromatic rings. The van der Waals surface area contributed by atoms with Crippen LogP contribution < -0.4 is 10.0 Å². The SMILES string of the molecule is CCCS(=O)(=O)NC1CCN(C(=O)C2CC3CCCCC3N2)CC1. The number of likely N-dealkylation sites (tertiary alicyclic amines) is 1. The molecular formula is C17H31N3O3S. The second-order valence-electron chi connectivity index (χ2n) is 7.64. The molecule has 0 aromatic carbocycles. The normalized spacial score (nSPS) is 31.9. The highest BCUT2D eigenvalue weighted by molar-refractivity contribution is 7.89. The van der Waals surface area contributed by atoms with Gasteiger partial charge in [0, 0.05) is 25.2 Å². The van der Waals surface area contributed by atoms with Gasteiger partial charge < -0.3 is 10.2 Å². The summed E-state index contributed by atoms with van der Waals surface area (Å²) in [7, 11) is -3.16. The lowest BCUT2D eigenvalue weighted by Crippen LogP contribution is -2.51. The van der Waals surface area contributed by atoms with Crippen LogP contribution in [-0.4, -0.2) is 56.2 Å². The number of sulfonamides is 1. The van der Waals surface area contributed by atoms with Crippen LogP contribution in [0.15, 0.2) is 0 Å². The van der Waals surface area contributed by atoms with Gasteiger partial charge >= 0.3 is 0 Å². The number of carbonyl (C=O) groups excluding carboxylic acids is 1. The molecule has 2 aliphatic heterocycles. The Bertz CT molecular complexity index is 529. The van der Waals surface area contributed by atoms with Crippen molar-refractivity contribution in [2.24, 2.45) is 5.92 Å². The second-order valence-corrected chi connectivity index (χ2v) is 9.52. The van der Waals surface area contributed by atoms with Crippen molar-refractivity contribution >= 4 is 15.9 Å². The van der Waals surface area contributed by atoms with Gasteiger partial charge in [-0.1, -0.05) is 19.8 Å². The van der Waals surface area contributed by atoms with E-state index < -0.39 is 10.0 Å². The molecule has 1 aliphatic carbocycles. The molecule has 0 bridgehead atoms. The van der Waals surface area contributed by atoms with Crippen molar-refractivity contribution < 1.29 is 13.2 Å². The van der Waals surface area contributed by atoms with E-state index in [1.165, 1.54) is 25.7 Å². The number of hydrogen-bond acceptors (Lipinski definition) is 4. The van der Waals surface area contributed by atoms with Crippen LogP contribution in [0.1, 0.15) is 58.3 Å². The van der Waals surface area contributed by atoms with Gasteiger partial charge in [-0.3, -0.25) is 4.79 Å². The minimum Gasteiger partial charge on any atom is -0.341 e. The van der Waals surface area contributed by atoms with Gasteiger partial charge in [-0.05, 0) is 44.4 Å². The third-order valence-electron chi connectivity index (χ3n) is 5.79. The molecule has 3 rings (SSSR count). The first kappa shape index (κ1) is 18.1.